The molecule has 0 aliphatic carbocycles. The Balaban J connectivity index is 1.07. The molecule has 0 unspecified atom stereocenters. The molecular formula is C23H33N7O. The number of carbonyl (C=O) groups excluding carboxylic acids is 1. The lowest BCUT2D eigenvalue weighted by atomic mass is 10.2. The maximum absolute atomic E-state index is 12.5. The van der Waals surface area contributed by atoms with Gasteiger partial charge in [-0.05, 0) is 24.6 Å². The van der Waals surface area contributed by atoms with E-state index in [-0.39, 0.29) is 6.03 Å². The molecule has 2 fully saturated rings. The van der Waals surface area contributed by atoms with Gasteiger partial charge in [-0.2, -0.15) is 0 Å². The number of rotatable bonds is 7. The van der Waals surface area contributed by atoms with Crippen LogP contribution in [-0.4, -0.2) is 96.1 Å². The Kier molecular flexibility index (Phi) is 7.68. The lowest BCUT2D eigenvalue weighted by Gasteiger charge is -2.35. The fraction of sp³-hybridized carbons (Fsp3) is 0.522. The number of piperazine rings is 2. The second-order valence-corrected chi connectivity index (χ2v) is 8.21. The van der Waals surface area contributed by atoms with E-state index in [2.05, 4.69) is 60.3 Å². The molecule has 2 aliphatic heterocycles. The first-order valence-corrected chi connectivity index (χ1v) is 11.3. The lowest BCUT2D eigenvalue weighted by molar-refractivity contribution is 0.126. The quantitative estimate of drug-likeness (QED) is 0.681. The summed E-state index contributed by atoms with van der Waals surface area (Å²) >= 11 is 0. The molecule has 0 saturated carbocycles. The molecule has 1 N–H and O–H groups in total. The van der Waals surface area contributed by atoms with E-state index in [1.807, 2.05) is 11.0 Å². The number of aromatic nitrogens is 2. The highest BCUT2D eigenvalue weighted by Gasteiger charge is 2.22. The molecule has 1 aromatic heterocycles. The fourth-order valence-corrected chi connectivity index (χ4v) is 4.19. The van der Waals surface area contributed by atoms with Gasteiger partial charge in [-0.3, -0.25) is 4.90 Å². The molecule has 2 saturated heterocycles. The number of hydrogen-bond donors (Lipinski definition) is 1. The van der Waals surface area contributed by atoms with Crippen LogP contribution in [0.3, 0.4) is 0 Å². The van der Waals surface area contributed by atoms with Gasteiger partial charge in [0.15, 0.2) is 0 Å². The second kappa shape index (κ2) is 11.1. The van der Waals surface area contributed by atoms with Crippen molar-refractivity contribution in [2.24, 2.45) is 0 Å². The molecule has 0 radical (unpaired) electrons. The van der Waals surface area contributed by atoms with E-state index in [1.165, 1.54) is 5.56 Å². The molecule has 0 bridgehead atoms. The Labute approximate surface area is 184 Å². The molecule has 2 amide bonds. The molecule has 166 valence electrons. The minimum absolute atomic E-state index is 0.0429. The zero-order valence-corrected chi connectivity index (χ0v) is 18.2. The Bertz CT molecular complexity index is 788. The number of hydrogen-bond acceptors (Lipinski definition) is 6. The largest absolute Gasteiger partial charge is 0.338 e. The van der Waals surface area contributed by atoms with E-state index >= 15 is 0 Å². The van der Waals surface area contributed by atoms with Crippen LogP contribution in [0.1, 0.15) is 12.0 Å². The van der Waals surface area contributed by atoms with E-state index in [4.69, 9.17) is 0 Å². The van der Waals surface area contributed by atoms with Crippen molar-refractivity contribution in [1.82, 2.24) is 30.0 Å². The van der Waals surface area contributed by atoms with Crippen molar-refractivity contribution in [1.29, 1.82) is 0 Å². The number of urea groups is 1. The van der Waals surface area contributed by atoms with E-state index in [1.54, 1.807) is 12.4 Å². The summed E-state index contributed by atoms with van der Waals surface area (Å²) in [5.74, 6) is 0.742. The van der Waals surface area contributed by atoms with Gasteiger partial charge in [-0.15, -0.1) is 0 Å². The summed E-state index contributed by atoms with van der Waals surface area (Å²) in [6.45, 7) is 10.2. The van der Waals surface area contributed by atoms with Gasteiger partial charge in [0.2, 0.25) is 5.95 Å². The van der Waals surface area contributed by atoms with Crippen molar-refractivity contribution in [3.8, 4) is 0 Å². The van der Waals surface area contributed by atoms with Crippen LogP contribution >= 0.6 is 0 Å². The third-order valence-electron chi connectivity index (χ3n) is 6.04. The third-order valence-corrected chi connectivity index (χ3v) is 6.04. The van der Waals surface area contributed by atoms with Gasteiger partial charge >= 0.3 is 6.03 Å². The first-order chi connectivity index (χ1) is 15.3. The normalized spacial score (nSPS) is 18.2. The molecule has 0 spiro atoms. The highest BCUT2D eigenvalue weighted by atomic mass is 16.2. The number of nitrogens with one attached hydrogen (secondary N) is 1. The summed E-state index contributed by atoms with van der Waals surface area (Å²) in [6.07, 6.45) is 4.50. The standard InChI is InChI=1S/C23H33N7O/c31-23(30-18-16-29(17-19-30)22-24-8-4-9-25-22)26-10-5-11-27-12-14-28(15-13-27)20-21-6-2-1-3-7-21/h1-4,6-9H,5,10-20H2,(H,26,31). The number of amides is 2. The maximum Gasteiger partial charge on any atom is 0.317 e. The molecule has 0 atom stereocenters. The zero-order valence-electron chi connectivity index (χ0n) is 18.2. The Morgan fingerprint density at radius 3 is 2.23 bits per heavy atom. The van der Waals surface area contributed by atoms with Crippen LogP contribution in [0.5, 0.6) is 0 Å². The van der Waals surface area contributed by atoms with Gasteiger partial charge in [0.25, 0.3) is 0 Å². The first kappa shape index (κ1) is 21.5. The summed E-state index contributed by atoms with van der Waals surface area (Å²) in [7, 11) is 0. The van der Waals surface area contributed by atoms with Gasteiger partial charge < -0.3 is 20.0 Å². The van der Waals surface area contributed by atoms with Crippen molar-refractivity contribution in [3.05, 3.63) is 54.4 Å². The maximum atomic E-state index is 12.5. The molecule has 1 aromatic carbocycles. The van der Waals surface area contributed by atoms with E-state index < -0.39 is 0 Å². The zero-order chi connectivity index (χ0) is 21.3. The van der Waals surface area contributed by atoms with E-state index in [0.717, 1.165) is 71.3 Å². The van der Waals surface area contributed by atoms with Crippen LogP contribution in [0.2, 0.25) is 0 Å². The van der Waals surface area contributed by atoms with Gasteiger partial charge in [-0.25, -0.2) is 14.8 Å². The van der Waals surface area contributed by atoms with Crippen molar-refractivity contribution < 1.29 is 4.79 Å². The molecule has 2 aliphatic rings. The van der Waals surface area contributed by atoms with Gasteiger partial charge in [-0.1, -0.05) is 30.3 Å². The van der Waals surface area contributed by atoms with E-state index in [0.29, 0.717) is 13.1 Å². The Morgan fingerprint density at radius 1 is 0.839 bits per heavy atom. The summed E-state index contributed by atoms with van der Waals surface area (Å²) in [4.78, 5) is 30.1. The number of nitrogens with zero attached hydrogens (tertiary/aromatic N) is 6. The number of anilines is 1. The van der Waals surface area contributed by atoms with Crippen LogP contribution in [0.4, 0.5) is 10.7 Å². The molecule has 2 aromatic rings. The van der Waals surface area contributed by atoms with E-state index in [9.17, 15) is 4.79 Å². The van der Waals surface area contributed by atoms with Gasteiger partial charge in [0, 0.05) is 77.8 Å². The number of benzene rings is 1. The SMILES string of the molecule is O=C(NCCCN1CCN(Cc2ccccc2)CC1)N1CCN(c2ncccn2)CC1. The van der Waals surface area contributed by atoms with Crippen LogP contribution in [0, 0.1) is 0 Å². The van der Waals surface area contributed by atoms with Crippen LogP contribution in [0.15, 0.2) is 48.8 Å². The van der Waals surface area contributed by atoms with Gasteiger partial charge in [0.1, 0.15) is 0 Å². The fourth-order valence-electron chi connectivity index (χ4n) is 4.19. The van der Waals surface area contributed by atoms with Crippen molar-refractivity contribution >= 4 is 12.0 Å². The Hall–Kier alpha value is -2.71. The second-order valence-electron chi connectivity index (χ2n) is 8.21. The summed E-state index contributed by atoms with van der Waals surface area (Å²) < 4.78 is 0. The Morgan fingerprint density at radius 2 is 1.52 bits per heavy atom. The van der Waals surface area contributed by atoms with Crippen LogP contribution < -0.4 is 10.2 Å². The summed E-state index contributed by atoms with van der Waals surface area (Å²) in [5, 5.41) is 3.09. The van der Waals surface area contributed by atoms with Crippen molar-refractivity contribution in [2.45, 2.75) is 13.0 Å². The highest BCUT2D eigenvalue weighted by Crippen LogP contribution is 2.10. The number of carbonyl (C=O) groups is 1. The topological polar surface area (TPSA) is 67.8 Å². The third kappa shape index (κ3) is 6.38. The average Bonchev–Trinajstić information content (AvgIpc) is 2.84. The molecule has 31 heavy (non-hydrogen) atoms. The van der Waals surface area contributed by atoms with Crippen molar-refractivity contribution in [3.63, 3.8) is 0 Å². The molecule has 3 heterocycles. The average molecular weight is 424 g/mol. The molecule has 8 nitrogen and oxygen atoms in total. The monoisotopic (exact) mass is 423 g/mol. The predicted octanol–water partition coefficient (Wildman–Crippen LogP) is 1.52. The summed E-state index contributed by atoms with van der Waals surface area (Å²) in [6, 6.07) is 12.5. The molecule has 4 rings (SSSR count). The predicted molar refractivity (Wildman–Crippen MR) is 122 cm³/mol. The lowest BCUT2D eigenvalue weighted by Crippen LogP contribution is -2.52. The van der Waals surface area contributed by atoms with Crippen molar-refractivity contribution in [2.75, 3.05) is 70.3 Å². The minimum atomic E-state index is 0.0429. The smallest absolute Gasteiger partial charge is 0.317 e. The first-order valence-electron chi connectivity index (χ1n) is 11.3. The molecule has 8 heteroatoms. The van der Waals surface area contributed by atoms with Crippen LogP contribution in [-0.2, 0) is 6.54 Å². The molecular weight excluding hydrogens is 390 g/mol. The van der Waals surface area contributed by atoms with Gasteiger partial charge in [0.05, 0.1) is 0 Å². The minimum Gasteiger partial charge on any atom is -0.338 e. The summed E-state index contributed by atoms with van der Waals surface area (Å²) in [5.41, 5.74) is 1.38. The van der Waals surface area contributed by atoms with Crippen LogP contribution in [0.25, 0.3) is 0 Å². The highest BCUT2D eigenvalue weighted by molar-refractivity contribution is 5.74.